The summed E-state index contributed by atoms with van der Waals surface area (Å²) in [4.78, 5) is 0. The van der Waals surface area contributed by atoms with Gasteiger partial charge >= 0.3 is 0 Å². The molecule has 0 spiro atoms. The predicted octanol–water partition coefficient (Wildman–Crippen LogP) is 3.43. The standard InChI is InChI=1S/C14H21N2OPS/c1-13(2)12-9-10-14(13,3)16-18(19,15-12)17-11-7-5-4-6-8-11/h4-8,12H,9-10H2,1-3H3,(H2,15,16,19). The predicted molar refractivity (Wildman–Crippen MR) is 82.8 cm³/mol. The second kappa shape index (κ2) is 4.36. The van der Waals surface area contributed by atoms with Gasteiger partial charge in [-0.2, -0.15) is 10.2 Å². The molecule has 1 aliphatic carbocycles. The van der Waals surface area contributed by atoms with Crippen LogP contribution < -0.4 is 14.7 Å². The molecule has 1 saturated heterocycles. The Balaban J connectivity index is 1.84. The van der Waals surface area contributed by atoms with Gasteiger partial charge in [0.2, 0.25) is 6.99 Å². The fraction of sp³-hybridized carbons (Fsp3) is 0.571. The van der Waals surface area contributed by atoms with Crippen molar-refractivity contribution in [1.82, 2.24) is 10.2 Å². The summed E-state index contributed by atoms with van der Waals surface area (Å²) >= 11 is 5.77. The number of hydrogen-bond donors (Lipinski definition) is 2. The lowest BCUT2D eigenvalue weighted by Gasteiger charge is -2.51. The van der Waals surface area contributed by atoms with Crippen molar-refractivity contribution in [3.05, 3.63) is 30.3 Å². The molecule has 3 atom stereocenters. The third-order valence-electron chi connectivity index (χ3n) is 4.92. The van der Waals surface area contributed by atoms with E-state index in [1.54, 1.807) is 0 Å². The average molecular weight is 296 g/mol. The first kappa shape index (κ1) is 13.7. The Morgan fingerprint density at radius 2 is 1.95 bits per heavy atom. The van der Waals surface area contributed by atoms with Gasteiger partial charge in [0.05, 0.1) is 11.6 Å². The molecule has 3 nitrogen and oxygen atoms in total. The van der Waals surface area contributed by atoms with Gasteiger partial charge in [-0.15, -0.1) is 0 Å². The molecule has 5 heteroatoms. The van der Waals surface area contributed by atoms with Crippen molar-refractivity contribution < 1.29 is 4.52 Å². The summed E-state index contributed by atoms with van der Waals surface area (Å²) in [6.45, 7) is 4.71. The molecule has 0 radical (unpaired) electrons. The second-order valence-electron chi connectivity index (χ2n) is 6.34. The molecule has 3 unspecified atom stereocenters. The Morgan fingerprint density at radius 3 is 2.58 bits per heavy atom. The van der Waals surface area contributed by atoms with Crippen molar-refractivity contribution in [1.29, 1.82) is 0 Å². The lowest BCUT2D eigenvalue weighted by Crippen LogP contribution is -2.62. The molecule has 2 fully saturated rings. The molecule has 1 aliphatic heterocycles. The van der Waals surface area contributed by atoms with Crippen molar-refractivity contribution in [2.75, 3.05) is 0 Å². The fourth-order valence-electron chi connectivity index (χ4n) is 3.17. The van der Waals surface area contributed by atoms with Crippen molar-refractivity contribution in [2.45, 2.75) is 45.2 Å². The van der Waals surface area contributed by atoms with E-state index < -0.39 is 6.99 Å². The van der Waals surface area contributed by atoms with E-state index in [9.17, 15) is 0 Å². The van der Waals surface area contributed by atoms with Crippen molar-refractivity contribution in [3.8, 4) is 5.75 Å². The van der Waals surface area contributed by atoms with Gasteiger partial charge in [0.15, 0.2) is 5.75 Å². The van der Waals surface area contributed by atoms with Crippen LogP contribution in [0.1, 0.15) is 33.6 Å². The number of hydrogen-bond acceptors (Lipinski definition) is 4. The zero-order chi connectivity index (χ0) is 13.7. The average Bonchev–Trinajstić information content (AvgIpc) is 2.48. The summed E-state index contributed by atoms with van der Waals surface area (Å²) in [6.07, 6.45) is 2.31. The molecule has 1 aromatic carbocycles. The third-order valence-corrected chi connectivity index (χ3v) is 7.64. The summed E-state index contributed by atoms with van der Waals surface area (Å²) < 4.78 is 6.09. The van der Waals surface area contributed by atoms with Gasteiger partial charge < -0.3 is 16.8 Å². The summed E-state index contributed by atoms with van der Waals surface area (Å²) in [5.41, 5.74) is 0.266. The molecule has 1 heterocycles. The van der Waals surface area contributed by atoms with Crippen LogP contribution in [0.25, 0.3) is 0 Å². The van der Waals surface area contributed by atoms with Gasteiger partial charge in [0, 0.05) is 5.41 Å². The van der Waals surface area contributed by atoms with Crippen molar-refractivity contribution >= 4 is 19.2 Å². The van der Waals surface area contributed by atoms with Crippen LogP contribution in [0.3, 0.4) is 0 Å². The maximum Gasteiger partial charge on any atom is 0.212 e. The van der Waals surface area contributed by atoms with Crippen LogP contribution >= 0.6 is 6.99 Å². The summed E-state index contributed by atoms with van der Waals surface area (Å²) in [6, 6.07) is 10.3. The monoisotopic (exact) mass is 296 g/mol. The van der Waals surface area contributed by atoms with Crippen LogP contribution in [-0.4, -0.2) is 11.6 Å². The minimum atomic E-state index is -2.20. The van der Waals surface area contributed by atoms with E-state index in [4.69, 9.17) is 16.8 Å². The molecule has 104 valence electrons. The largest absolute Gasteiger partial charge is 0.476 e. The van der Waals surface area contributed by atoms with Crippen LogP contribution in [0.5, 0.6) is 5.75 Å². The van der Waals surface area contributed by atoms with Crippen LogP contribution in [0.2, 0.25) is 0 Å². The van der Waals surface area contributed by atoms with Crippen molar-refractivity contribution in [3.63, 3.8) is 0 Å². The second-order valence-corrected chi connectivity index (χ2v) is 9.65. The molecular weight excluding hydrogens is 275 g/mol. The van der Waals surface area contributed by atoms with E-state index in [2.05, 4.69) is 30.9 Å². The number of para-hydroxylation sites is 1. The molecule has 1 saturated carbocycles. The Kier molecular flexibility index (Phi) is 3.14. The van der Waals surface area contributed by atoms with E-state index >= 15 is 0 Å². The molecule has 1 aromatic rings. The Morgan fingerprint density at radius 1 is 1.26 bits per heavy atom. The molecule has 0 aromatic heterocycles. The molecule has 2 aliphatic rings. The normalized spacial score (nSPS) is 40.1. The minimum absolute atomic E-state index is 0.0627. The fourth-order valence-corrected chi connectivity index (χ4v) is 6.91. The van der Waals surface area contributed by atoms with Crippen LogP contribution in [0.4, 0.5) is 0 Å². The zero-order valence-corrected chi connectivity index (χ0v) is 13.4. The Bertz CT molecular complexity index is 484. The lowest BCUT2D eigenvalue weighted by molar-refractivity contribution is 0.160. The van der Waals surface area contributed by atoms with Crippen LogP contribution in [0, 0.1) is 5.41 Å². The highest BCUT2D eigenvalue weighted by molar-refractivity contribution is 8.38. The number of fused-ring (bicyclic) bond motifs is 2. The van der Waals surface area contributed by atoms with Crippen LogP contribution in [0.15, 0.2) is 30.3 Å². The van der Waals surface area contributed by atoms with Crippen LogP contribution in [-0.2, 0) is 12.2 Å². The number of nitrogens with one attached hydrogen (secondary N) is 2. The summed E-state index contributed by atoms with van der Waals surface area (Å²) in [5.74, 6) is 0.841. The van der Waals surface area contributed by atoms with E-state index in [1.807, 2.05) is 30.3 Å². The topological polar surface area (TPSA) is 33.3 Å². The molecule has 3 rings (SSSR count). The van der Waals surface area contributed by atoms with Gasteiger partial charge in [-0.05, 0) is 31.9 Å². The number of rotatable bonds is 2. The van der Waals surface area contributed by atoms with Gasteiger partial charge in [0.1, 0.15) is 0 Å². The first-order chi connectivity index (χ1) is 8.85. The Hall–Kier alpha value is -0.280. The minimum Gasteiger partial charge on any atom is -0.476 e. The highest BCUT2D eigenvalue weighted by Crippen LogP contribution is 2.63. The quantitative estimate of drug-likeness (QED) is 0.647. The Labute approximate surface area is 121 Å². The van der Waals surface area contributed by atoms with E-state index in [1.165, 1.54) is 0 Å². The third kappa shape index (κ3) is 2.19. The smallest absolute Gasteiger partial charge is 0.212 e. The zero-order valence-electron chi connectivity index (χ0n) is 11.6. The van der Waals surface area contributed by atoms with E-state index in [-0.39, 0.29) is 11.0 Å². The molecule has 0 amide bonds. The molecule has 2 bridgehead atoms. The summed E-state index contributed by atoms with van der Waals surface area (Å²) in [5, 5.41) is 7.21. The molecular formula is C14H21N2OPS. The maximum absolute atomic E-state index is 6.09. The first-order valence-corrected chi connectivity index (χ1v) is 9.49. The van der Waals surface area contributed by atoms with Gasteiger partial charge in [-0.25, -0.2) is 0 Å². The SMILES string of the molecule is CC12CCC(N[P+]([S-])(Oc3ccccc3)N1)C2(C)C. The highest BCUT2D eigenvalue weighted by Gasteiger charge is 2.61. The van der Waals surface area contributed by atoms with E-state index in [0.717, 1.165) is 18.6 Å². The van der Waals surface area contributed by atoms with Gasteiger partial charge in [-0.3, -0.25) is 0 Å². The summed E-state index contributed by atoms with van der Waals surface area (Å²) in [7, 11) is 0. The molecule has 19 heavy (non-hydrogen) atoms. The van der Waals surface area contributed by atoms with Gasteiger partial charge in [0.25, 0.3) is 0 Å². The molecule has 2 N–H and O–H groups in total. The van der Waals surface area contributed by atoms with Crippen molar-refractivity contribution in [2.24, 2.45) is 5.41 Å². The lowest BCUT2D eigenvalue weighted by atomic mass is 9.75. The van der Waals surface area contributed by atoms with Gasteiger partial charge in [-0.1, -0.05) is 32.0 Å². The highest BCUT2D eigenvalue weighted by atomic mass is 32.7. The maximum atomic E-state index is 6.09. The van der Waals surface area contributed by atoms with E-state index in [0.29, 0.717) is 6.04 Å². The first-order valence-electron chi connectivity index (χ1n) is 6.77. The number of benzene rings is 1.